The highest BCUT2D eigenvalue weighted by Gasteiger charge is 2.27. The van der Waals surface area contributed by atoms with Crippen molar-refractivity contribution in [1.82, 2.24) is 9.29 Å². The third-order valence-electron chi connectivity index (χ3n) is 4.55. The lowest BCUT2D eigenvalue weighted by Gasteiger charge is -2.36. The van der Waals surface area contributed by atoms with Crippen molar-refractivity contribution in [3.05, 3.63) is 30.0 Å². The zero-order valence-electron chi connectivity index (χ0n) is 14.3. The molecule has 2 aromatic rings. The van der Waals surface area contributed by atoms with Crippen LogP contribution in [0, 0.1) is 6.92 Å². The highest BCUT2D eigenvalue weighted by atomic mass is 32.2. The van der Waals surface area contributed by atoms with E-state index in [1.165, 1.54) is 0 Å². The Morgan fingerprint density at radius 2 is 1.92 bits per heavy atom. The fourth-order valence-electron chi connectivity index (χ4n) is 3.24. The molecule has 1 saturated heterocycles. The lowest BCUT2D eigenvalue weighted by atomic mass is 10.1. The second-order valence-electron chi connectivity index (χ2n) is 5.93. The van der Waals surface area contributed by atoms with Crippen molar-refractivity contribution in [2.24, 2.45) is 0 Å². The molecule has 0 radical (unpaired) electrons. The third kappa shape index (κ3) is 2.93. The predicted octanol–water partition coefficient (Wildman–Crippen LogP) is 2.02. The molecule has 0 saturated carbocycles. The van der Waals surface area contributed by atoms with Gasteiger partial charge in [0.1, 0.15) is 11.3 Å². The first-order chi connectivity index (χ1) is 11.5. The fraction of sp³-hybridized carbons (Fsp3) is 0.471. The van der Waals surface area contributed by atoms with Gasteiger partial charge in [-0.2, -0.15) is 4.31 Å². The standard InChI is InChI=1S/C17H23N3O3S/c1-4-24(21,22)20-10-8-19(9-11-20)17-13(2)12-18-16-14(17)6-5-7-15(16)23-3/h5-7,12H,4,8-11H2,1-3H3. The molecule has 2 heterocycles. The number of methoxy groups -OCH3 is 1. The molecule has 0 atom stereocenters. The van der Waals surface area contributed by atoms with E-state index in [-0.39, 0.29) is 5.75 Å². The summed E-state index contributed by atoms with van der Waals surface area (Å²) in [5.74, 6) is 0.905. The highest BCUT2D eigenvalue weighted by molar-refractivity contribution is 7.89. The van der Waals surface area contributed by atoms with Crippen LogP contribution in [-0.2, 0) is 10.0 Å². The summed E-state index contributed by atoms with van der Waals surface area (Å²) in [4.78, 5) is 6.77. The number of anilines is 1. The summed E-state index contributed by atoms with van der Waals surface area (Å²) < 4.78 is 31.1. The Balaban J connectivity index is 1.95. The minimum absolute atomic E-state index is 0.154. The Morgan fingerprint density at radius 1 is 1.21 bits per heavy atom. The van der Waals surface area contributed by atoms with Gasteiger partial charge in [0, 0.05) is 37.8 Å². The molecular formula is C17H23N3O3S. The van der Waals surface area contributed by atoms with Gasteiger partial charge in [-0.1, -0.05) is 12.1 Å². The highest BCUT2D eigenvalue weighted by Crippen LogP contribution is 2.34. The molecule has 1 aromatic carbocycles. The quantitative estimate of drug-likeness (QED) is 0.845. The van der Waals surface area contributed by atoms with Gasteiger partial charge >= 0.3 is 0 Å². The van der Waals surface area contributed by atoms with E-state index in [9.17, 15) is 8.42 Å². The minimum Gasteiger partial charge on any atom is -0.494 e. The number of rotatable bonds is 4. The lowest BCUT2D eigenvalue weighted by molar-refractivity contribution is 0.385. The molecule has 0 spiro atoms. The molecule has 0 N–H and O–H groups in total. The summed E-state index contributed by atoms with van der Waals surface area (Å²) in [6.45, 7) is 6.12. The van der Waals surface area contributed by atoms with Crippen LogP contribution in [0.3, 0.4) is 0 Å². The number of aromatic nitrogens is 1. The monoisotopic (exact) mass is 349 g/mol. The number of ether oxygens (including phenoxy) is 1. The molecule has 24 heavy (non-hydrogen) atoms. The average molecular weight is 349 g/mol. The molecule has 3 rings (SSSR count). The van der Waals surface area contributed by atoms with Crippen LogP contribution in [-0.4, -0.2) is 56.7 Å². The summed E-state index contributed by atoms with van der Waals surface area (Å²) in [6.07, 6.45) is 1.86. The van der Waals surface area contributed by atoms with Crippen molar-refractivity contribution in [2.45, 2.75) is 13.8 Å². The van der Waals surface area contributed by atoms with Crippen LogP contribution >= 0.6 is 0 Å². The molecule has 1 fully saturated rings. The van der Waals surface area contributed by atoms with Gasteiger partial charge in [0.25, 0.3) is 0 Å². The number of hydrogen-bond donors (Lipinski definition) is 0. The maximum Gasteiger partial charge on any atom is 0.213 e. The molecule has 0 bridgehead atoms. The number of para-hydroxylation sites is 1. The Kier molecular flexibility index (Phi) is 4.64. The number of sulfonamides is 1. The van der Waals surface area contributed by atoms with E-state index >= 15 is 0 Å². The Hall–Kier alpha value is -1.86. The van der Waals surface area contributed by atoms with Crippen molar-refractivity contribution >= 4 is 26.6 Å². The van der Waals surface area contributed by atoms with Gasteiger partial charge in [-0.15, -0.1) is 0 Å². The smallest absolute Gasteiger partial charge is 0.213 e. The zero-order valence-corrected chi connectivity index (χ0v) is 15.1. The number of fused-ring (bicyclic) bond motifs is 1. The van der Waals surface area contributed by atoms with Gasteiger partial charge in [-0.3, -0.25) is 4.98 Å². The van der Waals surface area contributed by atoms with Crippen LogP contribution in [0.15, 0.2) is 24.4 Å². The molecule has 7 heteroatoms. The van der Waals surface area contributed by atoms with Crippen LogP contribution in [0.1, 0.15) is 12.5 Å². The second-order valence-corrected chi connectivity index (χ2v) is 8.19. The number of benzene rings is 1. The number of piperazine rings is 1. The van der Waals surface area contributed by atoms with E-state index in [0.717, 1.165) is 27.9 Å². The van der Waals surface area contributed by atoms with Gasteiger partial charge in [-0.25, -0.2) is 8.42 Å². The molecule has 1 aromatic heterocycles. The van der Waals surface area contributed by atoms with Crippen LogP contribution in [0.2, 0.25) is 0 Å². The van der Waals surface area contributed by atoms with E-state index in [0.29, 0.717) is 26.2 Å². The van der Waals surface area contributed by atoms with E-state index in [2.05, 4.69) is 9.88 Å². The van der Waals surface area contributed by atoms with E-state index < -0.39 is 10.0 Å². The molecule has 130 valence electrons. The van der Waals surface area contributed by atoms with Crippen molar-refractivity contribution in [3.8, 4) is 5.75 Å². The SMILES string of the molecule is CCS(=O)(=O)N1CCN(c2c(C)cnc3c(OC)cccc23)CC1. The molecule has 0 unspecified atom stereocenters. The summed E-state index contributed by atoms with van der Waals surface area (Å²) in [5.41, 5.74) is 3.04. The van der Waals surface area contributed by atoms with Gasteiger partial charge < -0.3 is 9.64 Å². The second kappa shape index (κ2) is 6.57. The first-order valence-corrected chi connectivity index (χ1v) is 9.74. The van der Waals surface area contributed by atoms with Crippen LogP contribution in [0.4, 0.5) is 5.69 Å². The summed E-state index contributed by atoms with van der Waals surface area (Å²) >= 11 is 0. The molecular weight excluding hydrogens is 326 g/mol. The van der Waals surface area contributed by atoms with Gasteiger partial charge in [0.2, 0.25) is 10.0 Å². The van der Waals surface area contributed by atoms with Gasteiger partial charge in [0.05, 0.1) is 18.6 Å². The van der Waals surface area contributed by atoms with Crippen LogP contribution in [0.25, 0.3) is 10.9 Å². The summed E-state index contributed by atoms with van der Waals surface area (Å²) in [6, 6.07) is 5.91. The number of hydrogen-bond acceptors (Lipinski definition) is 5. The lowest BCUT2D eigenvalue weighted by Crippen LogP contribution is -2.49. The van der Waals surface area contributed by atoms with Crippen LogP contribution in [0.5, 0.6) is 5.75 Å². The molecule has 1 aliphatic heterocycles. The largest absolute Gasteiger partial charge is 0.494 e. The molecule has 6 nitrogen and oxygen atoms in total. The number of pyridine rings is 1. The van der Waals surface area contributed by atoms with E-state index in [1.54, 1.807) is 18.3 Å². The number of aryl methyl sites for hydroxylation is 1. The Morgan fingerprint density at radius 3 is 2.54 bits per heavy atom. The average Bonchev–Trinajstić information content (AvgIpc) is 2.61. The molecule has 0 amide bonds. The minimum atomic E-state index is -3.12. The summed E-state index contributed by atoms with van der Waals surface area (Å²) in [5, 5.41) is 1.04. The van der Waals surface area contributed by atoms with Crippen molar-refractivity contribution < 1.29 is 13.2 Å². The maximum absolute atomic E-state index is 12.0. The van der Waals surface area contributed by atoms with Crippen molar-refractivity contribution in [2.75, 3.05) is 43.9 Å². The molecule has 1 aliphatic rings. The van der Waals surface area contributed by atoms with Gasteiger partial charge in [0.15, 0.2) is 0 Å². The first kappa shape index (κ1) is 17.0. The Labute approximate surface area is 143 Å². The zero-order chi connectivity index (χ0) is 17.3. The maximum atomic E-state index is 12.0. The third-order valence-corrected chi connectivity index (χ3v) is 6.43. The predicted molar refractivity (Wildman–Crippen MR) is 96.3 cm³/mol. The Bertz CT molecular complexity index is 844. The number of nitrogens with zero attached hydrogens (tertiary/aromatic N) is 3. The normalized spacial score (nSPS) is 16.5. The van der Waals surface area contributed by atoms with Crippen molar-refractivity contribution in [3.63, 3.8) is 0 Å². The van der Waals surface area contributed by atoms with Gasteiger partial charge in [-0.05, 0) is 25.5 Å². The topological polar surface area (TPSA) is 62.7 Å². The van der Waals surface area contributed by atoms with Crippen LogP contribution < -0.4 is 9.64 Å². The first-order valence-electron chi connectivity index (χ1n) is 8.13. The summed E-state index contributed by atoms with van der Waals surface area (Å²) in [7, 11) is -1.47. The molecule has 0 aliphatic carbocycles. The van der Waals surface area contributed by atoms with E-state index in [1.807, 2.05) is 31.3 Å². The van der Waals surface area contributed by atoms with Crippen molar-refractivity contribution in [1.29, 1.82) is 0 Å². The van der Waals surface area contributed by atoms with E-state index in [4.69, 9.17) is 4.74 Å². The fourth-order valence-corrected chi connectivity index (χ4v) is 4.32.